The normalized spacial score (nSPS) is 11.7. The Kier molecular flexibility index (Phi) is 5.79. The van der Waals surface area contributed by atoms with Crippen molar-refractivity contribution in [1.29, 1.82) is 0 Å². The van der Waals surface area contributed by atoms with Crippen LogP contribution < -0.4 is 0 Å². The molecule has 19 heavy (non-hydrogen) atoms. The van der Waals surface area contributed by atoms with Crippen LogP contribution in [0.15, 0.2) is 12.1 Å². The average molecular weight is 325 g/mol. The van der Waals surface area contributed by atoms with E-state index in [0.29, 0.717) is 24.2 Å². The zero-order valence-corrected chi connectivity index (χ0v) is 14.5. The van der Waals surface area contributed by atoms with Crippen molar-refractivity contribution < 1.29 is 4.79 Å². The molecule has 1 rings (SSSR count). The lowest BCUT2D eigenvalue weighted by Gasteiger charge is -2.25. The molecule has 0 amide bonds. The van der Waals surface area contributed by atoms with Crippen molar-refractivity contribution in [3.8, 4) is 0 Å². The van der Waals surface area contributed by atoms with Crippen LogP contribution in [-0.2, 0) is 11.2 Å². The van der Waals surface area contributed by atoms with Crippen LogP contribution in [0, 0.1) is 0 Å². The maximum absolute atomic E-state index is 11.4. The standard InChI is InChI=1S/C17H25BrO/c1-10(2)14-8-7-13(9-15(18)19)16(11(3)4)17(14)12(5)6/h7-8,10-12H,9H2,1-6H3. The Morgan fingerprint density at radius 2 is 1.47 bits per heavy atom. The summed E-state index contributed by atoms with van der Waals surface area (Å²) in [5.74, 6) is 1.45. The fourth-order valence-electron chi connectivity index (χ4n) is 2.83. The number of benzene rings is 1. The van der Waals surface area contributed by atoms with E-state index in [-0.39, 0.29) is 4.69 Å². The van der Waals surface area contributed by atoms with Gasteiger partial charge in [0.25, 0.3) is 0 Å². The molecule has 0 N–H and O–H groups in total. The Morgan fingerprint density at radius 1 is 0.947 bits per heavy atom. The summed E-state index contributed by atoms with van der Waals surface area (Å²) in [4.78, 5) is 11.4. The smallest absolute Gasteiger partial charge is 0.202 e. The first-order chi connectivity index (χ1) is 8.75. The van der Waals surface area contributed by atoms with Gasteiger partial charge in [-0.25, -0.2) is 0 Å². The fraction of sp³-hybridized carbons (Fsp3) is 0.588. The molecule has 0 saturated heterocycles. The van der Waals surface area contributed by atoms with E-state index < -0.39 is 0 Å². The molecule has 0 unspecified atom stereocenters. The summed E-state index contributed by atoms with van der Waals surface area (Å²) in [6.07, 6.45) is 0.478. The maximum atomic E-state index is 11.4. The van der Waals surface area contributed by atoms with E-state index in [9.17, 15) is 4.79 Å². The van der Waals surface area contributed by atoms with Gasteiger partial charge in [0.05, 0.1) is 0 Å². The Morgan fingerprint density at radius 3 is 1.84 bits per heavy atom. The summed E-state index contributed by atoms with van der Waals surface area (Å²) in [6.45, 7) is 13.4. The van der Waals surface area contributed by atoms with Crippen LogP contribution in [0.2, 0.25) is 0 Å². The molecule has 0 bridgehead atoms. The van der Waals surface area contributed by atoms with Crippen molar-refractivity contribution in [2.75, 3.05) is 0 Å². The number of halogens is 1. The first-order valence-corrected chi connectivity index (χ1v) is 7.88. The van der Waals surface area contributed by atoms with Crippen LogP contribution >= 0.6 is 15.9 Å². The van der Waals surface area contributed by atoms with E-state index in [4.69, 9.17) is 0 Å². The molecule has 1 aromatic rings. The van der Waals surface area contributed by atoms with E-state index in [1.807, 2.05) is 0 Å². The van der Waals surface area contributed by atoms with Gasteiger partial charge in [-0.15, -0.1) is 0 Å². The first kappa shape index (κ1) is 16.4. The largest absolute Gasteiger partial charge is 0.286 e. The van der Waals surface area contributed by atoms with Crippen molar-refractivity contribution in [3.05, 3.63) is 34.4 Å². The third-order valence-electron chi connectivity index (χ3n) is 3.52. The predicted molar refractivity (Wildman–Crippen MR) is 86.3 cm³/mol. The van der Waals surface area contributed by atoms with Gasteiger partial charge in [-0.1, -0.05) is 53.7 Å². The Balaban J connectivity index is 3.53. The fourth-order valence-corrected chi connectivity index (χ4v) is 3.13. The third kappa shape index (κ3) is 3.92. The lowest BCUT2D eigenvalue weighted by atomic mass is 9.80. The minimum Gasteiger partial charge on any atom is -0.286 e. The summed E-state index contributed by atoms with van der Waals surface area (Å²) in [5, 5.41) is 0. The number of hydrogen-bond acceptors (Lipinski definition) is 1. The first-order valence-electron chi connectivity index (χ1n) is 7.09. The quantitative estimate of drug-likeness (QED) is 0.651. The molecule has 0 aliphatic heterocycles. The Labute approximate surface area is 125 Å². The van der Waals surface area contributed by atoms with Gasteiger partial charge >= 0.3 is 0 Å². The predicted octanol–water partition coefficient (Wildman–Crippen LogP) is 5.52. The Bertz CT molecular complexity index is 459. The van der Waals surface area contributed by atoms with Crippen LogP contribution in [0.5, 0.6) is 0 Å². The van der Waals surface area contributed by atoms with Gasteiger partial charge in [0.1, 0.15) is 0 Å². The molecular formula is C17H25BrO. The van der Waals surface area contributed by atoms with E-state index in [1.54, 1.807) is 0 Å². The summed E-state index contributed by atoms with van der Waals surface area (Å²) in [7, 11) is 0. The molecule has 0 radical (unpaired) electrons. The minimum atomic E-state index is 0.0569. The summed E-state index contributed by atoms with van der Waals surface area (Å²) in [6, 6.07) is 4.34. The van der Waals surface area contributed by atoms with Gasteiger partial charge in [-0.2, -0.15) is 0 Å². The average Bonchev–Trinajstić information content (AvgIpc) is 2.26. The highest BCUT2D eigenvalue weighted by atomic mass is 79.9. The van der Waals surface area contributed by atoms with Crippen molar-refractivity contribution in [2.24, 2.45) is 0 Å². The topological polar surface area (TPSA) is 17.1 Å². The number of carbonyl (C=O) groups is 1. The van der Waals surface area contributed by atoms with Crippen molar-refractivity contribution in [2.45, 2.75) is 65.7 Å². The third-order valence-corrected chi connectivity index (χ3v) is 3.80. The van der Waals surface area contributed by atoms with Gasteiger partial charge in [0, 0.05) is 6.42 Å². The van der Waals surface area contributed by atoms with Crippen LogP contribution in [0.3, 0.4) is 0 Å². The second-order valence-electron chi connectivity index (χ2n) is 6.14. The monoisotopic (exact) mass is 324 g/mol. The number of hydrogen-bond donors (Lipinski definition) is 0. The lowest BCUT2D eigenvalue weighted by Crippen LogP contribution is -2.10. The molecule has 0 atom stereocenters. The molecule has 106 valence electrons. The molecule has 1 nitrogen and oxygen atoms in total. The second kappa shape index (κ2) is 6.69. The lowest BCUT2D eigenvalue weighted by molar-refractivity contribution is -0.109. The Hall–Kier alpha value is -0.630. The highest BCUT2D eigenvalue weighted by Crippen LogP contribution is 2.36. The maximum Gasteiger partial charge on any atom is 0.202 e. The highest BCUT2D eigenvalue weighted by Gasteiger charge is 2.20. The van der Waals surface area contributed by atoms with Gasteiger partial charge in [-0.05, 0) is 55.9 Å². The molecule has 0 saturated carbocycles. The van der Waals surface area contributed by atoms with Crippen LogP contribution in [-0.4, -0.2) is 4.69 Å². The van der Waals surface area contributed by atoms with Crippen molar-refractivity contribution in [1.82, 2.24) is 0 Å². The zero-order valence-electron chi connectivity index (χ0n) is 12.9. The van der Waals surface area contributed by atoms with Crippen LogP contribution in [0.4, 0.5) is 0 Å². The minimum absolute atomic E-state index is 0.0569. The molecule has 1 aromatic carbocycles. The number of rotatable bonds is 5. The van der Waals surface area contributed by atoms with Crippen LogP contribution in [0.1, 0.15) is 81.5 Å². The van der Waals surface area contributed by atoms with Gasteiger partial charge in [0.2, 0.25) is 4.69 Å². The summed E-state index contributed by atoms with van der Waals surface area (Å²) < 4.78 is 0.0569. The molecule has 0 aliphatic carbocycles. The van der Waals surface area contributed by atoms with E-state index in [1.165, 1.54) is 22.3 Å². The molecule has 2 heteroatoms. The van der Waals surface area contributed by atoms with E-state index in [0.717, 1.165) is 0 Å². The van der Waals surface area contributed by atoms with Crippen LogP contribution in [0.25, 0.3) is 0 Å². The highest BCUT2D eigenvalue weighted by molar-refractivity contribution is 9.18. The molecule has 0 heterocycles. The van der Waals surface area contributed by atoms with Gasteiger partial charge < -0.3 is 0 Å². The molecule has 0 aliphatic rings. The van der Waals surface area contributed by atoms with E-state index >= 15 is 0 Å². The second-order valence-corrected chi connectivity index (χ2v) is 7.02. The summed E-state index contributed by atoms with van der Waals surface area (Å²) >= 11 is 3.06. The SMILES string of the molecule is CC(C)c1ccc(CC(=O)Br)c(C(C)C)c1C(C)C. The molecular weight excluding hydrogens is 300 g/mol. The zero-order chi connectivity index (χ0) is 14.7. The summed E-state index contributed by atoms with van der Waals surface area (Å²) in [5.41, 5.74) is 5.40. The molecule has 0 aromatic heterocycles. The van der Waals surface area contributed by atoms with Crippen molar-refractivity contribution in [3.63, 3.8) is 0 Å². The van der Waals surface area contributed by atoms with Gasteiger partial charge in [-0.3, -0.25) is 4.79 Å². The number of carbonyl (C=O) groups excluding carboxylic acids is 1. The molecule has 0 spiro atoms. The van der Waals surface area contributed by atoms with Gasteiger partial charge in [0.15, 0.2) is 0 Å². The molecule has 0 fully saturated rings. The van der Waals surface area contributed by atoms with Crippen molar-refractivity contribution >= 4 is 20.6 Å². The van der Waals surface area contributed by atoms with E-state index in [2.05, 4.69) is 69.6 Å².